The first-order valence-electron chi connectivity index (χ1n) is 6.31. The first kappa shape index (κ1) is 14.8. The third-order valence-electron chi connectivity index (χ3n) is 2.62. The molecule has 0 fully saturated rings. The Kier molecular flexibility index (Phi) is 3.99. The molecule has 4 nitrogen and oxygen atoms in total. The van der Waals surface area contributed by atoms with Crippen molar-refractivity contribution in [1.82, 2.24) is 0 Å². The topological polar surface area (TPSA) is 64.7 Å². The van der Waals surface area contributed by atoms with Gasteiger partial charge in [-0.25, -0.2) is 9.79 Å². The number of hydrogen-bond donors (Lipinski definition) is 1. The number of aliphatic imine (C=N–C) groups is 1. The van der Waals surface area contributed by atoms with Gasteiger partial charge in [0.05, 0.1) is 5.69 Å². The lowest BCUT2D eigenvalue weighted by molar-refractivity contribution is -0.149. The van der Waals surface area contributed by atoms with E-state index in [-0.39, 0.29) is 5.97 Å². The minimum Gasteiger partial charge on any atom is -0.457 e. The second-order valence-electron chi connectivity index (χ2n) is 5.65. The van der Waals surface area contributed by atoms with Crippen LogP contribution < -0.4 is 5.73 Å². The lowest BCUT2D eigenvalue weighted by Gasteiger charge is -2.20. The summed E-state index contributed by atoms with van der Waals surface area (Å²) < 4.78 is 6.31. The number of ether oxygens (including phenoxy) is 1. The summed E-state index contributed by atoms with van der Waals surface area (Å²) in [5, 5.41) is 0. The molecule has 1 heterocycles. The molecule has 0 bridgehead atoms. The van der Waals surface area contributed by atoms with E-state index < -0.39 is 5.60 Å². The third kappa shape index (κ3) is 3.70. The maximum atomic E-state index is 12.2. The van der Waals surface area contributed by atoms with Crippen LogP contribution in [0.5, 0.6) is 0 Å². The summed E-state index contributed by atoms with van der Waals surface area (Å²) in [6.45, 7) is 5.51. The van der Waals surface area contributed by atoms with Gasteiger partial charge >= 0.3 is 5.97 Å². The summed E-state index contributed by atoms with van der Waals surface area (Å²) in [6.07, 6.45) is 2.08. The van der Waals surface area contributed by atoms with Gasteiger partial charge in [0.15, 0.2) is 0 Å². The van der Waals surface area contributed by atoms with Crippen LogP contribution in [-0.4, -0.2) is 17.4 Å². The second kappa shape index (κ2) is 5.40. The van der Waals surface area contributed by atoms with Crippen LogP contribution in [0.1, 0.15) is 32.8 Å². The molecule has 1 aromatic carbocycles. The number of benzene rings is 1. The van der Waals surface area contributed by atoms with E-state index in [9.17, 15) is 4.79 Å². The fourth-order valence-electron chi connectivity index (χ4n) is 1.84. The Morgan fingerprint density at radius 2 is 2.10 bits per heavy atom. The van der Waals surface area contributed by atoms with E-state index in [1.165, 1.54) is 0 Å². The molecule has 0 aliphatic carbocycles. The van der Waals surface area contributed by atoms with Crippen molar-refractivity contribution >= 4 is 39.5 Å². The van der Waals surface area contributed by atoms with Crippen LogP contribution in [0.15, 0.2) is 33.2 Å². The smallest absolute Gasteiger partial charge is 0.335 e. The minimum absolute atomic E-state index is 0.293. The highest BCUT2D eigenvalue weighted by atomic mass is 79.9. The van der Waals surface area contributed by atoms with Crippen LogP contribution in [0.3, 0.4) is 0 Å². The number of nitrogens with two attached hydrogens (primary N) is 1. The number of esters is 1. The fourth-order valence-corrected chi connectivity index (χ4v) is 2.19. The molecule has 20 heavy (non-hydrogen) atoms. The molecule has 0 unspecified atom stereocenters. The lowest BCUT2D eigenvalue weighted by atomic mass is 10.1. The Labute approximate surface area is 126 Å². The Balaban J connectivity index is 2.39. The highest BCUT2D eigenvalue weighted by Crippen LogP contribution is 2.30. The summed E-state index contributed by atoms with van der Waals surface area (Å²) in [7, 11) is 0. The fraction of sp³-hybridized carbons (Fsp3) is 0.333. The summed E-state index contributed by atoms with van der Waals surface area (Å²) in [4.78, 5) is 16.5. The Bertz CT molecular complexity index is 613. The summed E-state index contributed by atoms with van der Waals surface area (Å²) in [5.74, 6) is 0.0466. The number of fused-ring (bicyclic) bond motifs is 1. The highest BCUT2D eigenvalue weighted by molar-refractivity contribution is 9.10. The zero-order chi connectivity index (χ0) is 14.9. The maximum absolute atomic E-state index is 12.2. The van der Waals surface area contributed by atoms with E-state index in [0.29, 0.717) is 17.8 Å². The van der Waals surface area contributed by atoms with Gasteiger partial charge < -0.3 is 10.5 Å². The molecular formula is C15H17BrN2O2. The van der Waals surface area contributed by atoms with Crippen LogP contribution >= 0.6 is 15.9 Å². The van der Waals surface area contributed by atoms with Crippen LogP contribution in [-0.2, 0) is 9.53 Å². The van der Waals surface area contributed by atoms with Crippen molar-refractivity contribution in [1.29, 1.82) is 0 Å². The number of carbonyl (C=O) groups is 1. The molecule has 2 N–H and O–H groups in total. The molecule has 5 heteroatoms. The molecule has 2 rings (SSSR count). The molecule has 106 valence electrons. The van der Waals surface area contributed by atoms with Gasteiger partial charge in [0.2, 0.25) is 0 Å². The number of halogens is 1. The van der Waals surface area contributed by atoms with Gasteiger partial charge in [0, 0.05) is 22.0 Å². The largest absolute Gasteiger partial charge is 0.457 e. The predicted octanol–water partition coefficient (Wildman–Crippen LogP) is 3.57. The molecule has 0 atom stereocenters. The SMILES string of the molecule is CC(C)(C)OC(=O)C1=Cc2ccc(Br)cc2N=C(N)C1. The van der Waals surface area contributed by atoms with Gasteiger partial charge in [-0.1, -0.05) is 22.0 Å². The van der Waals surface area contributed by atoms with E-state index in [4.69, 9.17) is 10.5 Å². The molecular weight excluding hydrogens is 320 g/mol. The highest BCUT2D eigenvalue weighted by Gasteiger charge is 2.22. The Morgan fingerprint density at radius 3 is 2.75 bits per heavy atom. The first-order valence-corrected chi connectivity index (χ1v) is 7.10. The number of carbonyl (C=O) groups excluding carboxylic acids is 1. The van der Waals surface area contributed by atoms with Crippen molar-refractivity contribution in [2.75, 3.05) is 0 Å². The first-order chi connectivity index (χ1) is 9.24. The number of amidine groups is 1. The average Bonchev–Trinajstić information content (AvgIpc) is 2.44. The van der Waals surface area contributed by atoms with Crippen molar-refractivity contribution < 1.29 is 9.53 Å². The Morgan fingerprint density at radius 1 is 1.40 bits per heavy atom. The van der Waals surface area contributed by atoms with Crippen LogP contribution in [0.4, 0.5) is 5.69 Å². The Hall–Kier alpha value is -1.62. The molecule has 0 saturated heterocycles. The second-order valence-corrected chi connectivity index (χ2v) is 6.57. The zero-order valence-electron chi connectivity index (χ0n) is 11.7. The van der Waals surface area contributed by atoms with Gasteiger partial charge in [0.25, 0.3) is 0 Å². The quantitative estimate of drug-likeness (QED) is 0.797. The monoisotopic (exact) mass is 336 g/mol. The maximum Gasteiger partial charge on any atom is 0.335 e. The van der Waals surface area contributed by atoms with Gasteiger partial charge in [0.1, 0.15) is 11.4 Å². The van der Waals surface area contributed by atoms with Gasteiger partial charge in [-0.2, -0.15) is 0 Å². The van der Waals surface area contributed by atoms with E-state index in [1.807, 2.05) is 39.0 Å². The van der Waals surface area contributed by atoms with Crippen molar-refractivity contribution in [3.63, 3.8) is 0 Å². The molecule has 1 aliphatic heterocycles. The average molecular weight is 337 g/mol. The molecule has 0 spiro atoms. The number of rotatable bonds is 1. The zero-order valence-corrected chi connectivity index (χ0v) is 13.3. The normalized spacial score (nSPS) is 14.8. The summed E-state index contributed by atoms with van der Waals surface area (Å²) in [6, 6.07) is 5.67. The van der Waals surface area contributed by atoms with E-state index in [0.717, 1.165) is 15.7 Å². The van der Waals surface area contributed by atoms with Crippen LogP contribution in [0.2, 0.25) is 0 Å². The molecule has 1 aliphatic rings. The van der Waals surface area contributed by atoms with Gasteiger partial charge in [-0.05, 0) is 39.0 Å². The number of hydrogen-bond acceptors (Lipinski definition) is 4. The van der Waals surface area contributed by atoms with Gasteiger partial charge in [-0.3, -0.25) is 0 Å². The summed E-state index contributed by atoms with van der Waals surface area (Å²) >= 11 is 3.40. The van der Waals surface area contributed by atoms with Crippen LogP contribution in [0, 0.1) is 0 Å². The minimum atomic E-state index is -0.529. The van der Waals surface area contributed by atoms with E-state index >= 15 is 0 Å². The molecule has 0 amide bonds. The molecule has 0 aromatic heterocycles. The standard InChI is InChI=1S/C15H17BrN2O2/c1-15(2,3)20-14(19)10-6-9-4-5-11(16)8-12(9)18-13(17)7-10/h4-6,8H,7H2,1-3H3,(H2,17,18). The van der Waals surface area contributed by atoms with Crippen molar-refractivity contribution in [2.45, 2.75) is 32.8 Å². The van der Waals surface area contributed by atoms with Crippen molar-refractivity contribution in [3.8, 4) is 0 Å². The van der Waals surface area contributed by atoms with Crippen molar-refractivity contribution in [2.24, 2.45) is 10.7 Å². The van der Waals surface area contributed by atoms with Gasteiger partial charge in [-0.15, -0.1) is 0 Å². The third-order valence-corrected chi connectivity index (χ3v) is 3.11. The van der Waals surface area contributed by atoms with E-state index in [1.54, 1.807) is 6.08 Å². The number of nitrogens with zero attached hydrogens (tertiary/aromatic N) is 1. The summed E-state index contributed by atoms with van der Waals surface area (Å²) in [5.41, 5.74) is 7.47. The van der Waals surface area contributed by atoms with E-state index in [2.05, 4.69) is 20.9 Å². The molecule has 0 saturated carbocycles. The van der Waals surface area contributed by atoms with Crippen LogP contribution in [0.25, 0.3) is 6.08 Å². The molecule has 1 aromatic rings. The molecule has 0 radical (unpaired) electrons. The van der Waals surface area contributed by atoms with Crippen molar-refractivity contribution in [3.05, 3.63) is 33.8 Å². The lowest BCUT2D eigenvalue weighted by Crippen LogP contribution is -2.26. The predicted molar refractivity (Wildman–Crippen MR) is 83.9 cm³/mol.